The predicted molar refractivity (Wildman–Crippen MR) is 105 cm³/mol. The molecule has 0 heterocycles. The molecule has 30 heavy (non-hydrogen) atoms. The van der Waals surface area contributed by atoms with Gasteiger partial charge in [-0.2, -0.15) is 0 Å². The number of allylic oxidation sites excluding steroid dienone is 6. The van der Waals surface area contributed by atoms with E-state index in [0.29, 0.717) is 12.8 Å². The van der Waals surface area contributed by atoms with E-state index in [1.807, 2.05) is 13.0 Å². The van der Waals surface area contributed by atoms with E-state index in [4.69, 9.17) is 4.89 Å². The molecule has 6 nitrogen and oxygen atoms in total. The standard InChI is InChI=1S/C19H36O6P2.3Na/c1-16(2)10-8-12-18(4)14-9-13-17(3)11-6-5-7-15-19(26(20,21)22)27(23,24)25;;;/h10-11,14,19H,5-9,12-13,15H2,1-4H3,(H2,20,21,22)(H2,23,24,25);;;/q;3*+1/p-3/b17-11+,18-14+;;;. The van der Waals surface area contributed by atoms with Crippen molar-refractivity contribution in [1.82, 2.24) is 0 Å². The SMILES string of the molecule is CC(C)=CCC/C(C)=C/CC/C(C)=C/CCCCC(P(=O)([O-])[O-])P(=O)([O-])O.[Na+].[Na+].[Na+]. The summed E-state index contributed by atoms with van der Waals surface area (Å²) in [5, 5.41) is -2.21. The summed E-state index contributed by atoms with van der Waals surface area (Å²) in [4.78, 5) is 41.8. The van der Waals surface area contributed by atoms with Crippen LogP contribution in [0.3, 0.4) is 0 Å². The Morgan fingerprint density at radius 1 is 0.800 bits per heavy atom. The van der Waals surface area contributed by atoms with Gasteiger partial charge in [-0.05, 0) is 72.6 Å². The molecule has 0 amide bonds. The first-order chi connectivity index (χ1) is 12.3. The molecule has 0 saturated heterocycles. The quantitative estimate of drug-likeness (QED) is 0.120. The van der Waals surface area contributed by atoms with Crippen LogP contribution in [0.25, 0.3) is 0 Å². The smallest absolute Gasteiger partial charge is 0.810 e. The molecule has 0 aliphatic heterocycles. The van der Waals surface area contributed by atoms with Gasteiger partial charge in [-0.1, -0.05) is 49.0 Å². The number of unbranched alkanes of at least 4 members (excludes halogenated alkanes) is 2. The molecule has 0 aliphatic rings. The normalized spacial score (nSPS) is 15.1. The average molecular weight is 488 g/mol. The summed E-state index contributed by atoms with van der Waals surface area (Å²) in [6.07, 6.45) is 11.7. The fraction of sp³-hybridized carbons (Fsp3) is 0.684. The third-order valence-corrected chi connectivity index (χ3v) is 8.00. The first-order valence-electron chi connectivity index (χ1n) is 9.34. The van der Waals surface area contributed by atoms with E-state index in [0.717, 1.165) is 25.7 Å². The molecule has 0 saturated carbocycles. The van der Waals surface area contributed by atoms with Crippen LogP contribution in [0.4, 0.5) is 0 Å². The first kappa shape index (κ1) is 39.7. The van der Waals surface area contributed by atoms with E-state index in [1.54, 1.807) is 0 Å². The Labute approximate surface area is 249 Å². The Bertz CT molecular complexity index is 612. The zero-order valence-corrected chi connectivity index (χ0v) is 27.6. The fourth-order valence-corrected chi connectivity index (χ4v) is 5.10. The van der Waals surface area contributed by atoms with Crippen LogP contribution in [0.2, 0.25) is 0 Å². The third kappa shape index (κ3) is 22.3. The molecule has 0 bridgehead atoms. The van der Waals surface area contributed by atoms with Gasteiger partial charge < -0.3 is 28.7 Å². The van der Waals surface area contributed by atoms with Crippen LogP contribution < -0.4 is 103 Å². The van der Waals surface area contributed by atoms with Gasteiger partial charge in [0.2, 0.25) is 0 Å². The minimum absolute atomic E-state index is 0. The summed E-state index contributed by atoms with van der Waals surface area (Å²) < 4.78 is 22.0. The predicted octanol–water partition coefficient (Wildman–Crippen LogP) is -5.24. The molecule has 0 rings (SSSR count). The van der Waals surface area contributed by atoms with Crippen LogP contribution in [0, 0.1) is 0 Å². The van der Waals surface area contributed by atoms with Gasteiger partial charge in [-0.25, -0.2) is 0 Å². The van der Waals surface area contributed by atoms with Gasteiger partial charge in [-0.15, -0.1) is 0 Å². The van der Waals surface area contributed by atoms with Gasteiger partial charge in [0.05, 0.1) is 5.40 Å². The maximum Gasteiger partial charge on any atom is 1.00 e. The van der Waals surface area contributed by atoms with Crippen molar-refractivity contribution >= 4 is 15.2 Å². The first-order valence-corrected chi connectivity index (χ1v) is 12.6. The molecule has 0 aromatic rings. The van der Waals surface area contributed by atoms with Crippen molar-refractivity contribution in [2.75, 3.05) is 0 Å². The van der Waals surface area contributed by atoms with Gasteiger partial charge in [0.15, 0.2) is 0 Å². The van der Waals surface area contributed by atoms with Gasteiger partial charge in [0, 0.05) is 0 Å². The van der Waals surface area contributed by atoms with Gasteiger partial charge in [0.25, 0.3) is 0 Å². The summed E-state index contributed by atoms with van der Waals surface area (Å²) in [5.41, 5.74) is 3.92. The van der Waals surface area contributed by atoms with Crippen LogP contribution in [0.1, 0.15) is 79.1 Å². The Balaban J connectivity index is -0.00000113. The van der Waals surface area contributed by atoms with E-state index in [-0.39, 0.29) is 102 Å². The number of rotatable bonds is 13. The zero-order valence-electron chi connectivity index (χ0n) is 19.8. The van der Waals surface area contributed by atoms with Crippen molar-refractivity contribution in [2.24, 2.45) is 0 Å². The van der Waals surface area contributed by atoms with Crippen molar-refractivity contribution in [3.8, 4) is 0 Å². The molecular weight excluding hydrogens is 455 g/mol. The number of hydrogen-bond donors (Lipinski definition) is 1. The molecule has 0 aliphatic carbocycles. The molecular formula is C19H33Na3O6P2. The van der Waals surface area contributed by atoms with Crippen LogP contribution in [-0.4, -0.2) is 10.3 Å². The average Bonchev–Trinajstić information content (AvgIpc) is 2.47. The second-order valence-electron chi connectivity index (χ2n) is 7.33. The molecule has 1 N–H and O–H groups in total. The van der Waals surface area contributed by atoms with Crippen molar-refractivity contribution < 1.29 is 117 Å². The Morgan fingerprint density at radius 3 is 1.63 bits per heavy atom. The van der Waals surface area contributed by atoms with Crippen LogP contribution in [0.15, 0.2) is 34.9 Å². The summed E-state index contributed by atoms with van der Waals surface area (Å²) >= 11 is 0. The Morgan fingerprint density at radius 2 is 1.23 bits per heavy atom. The molecule has 11 heteroatoms. The summed E-state index contributed by atoms with van der Waals surface area (Å²) in [6, 6.07) is 0. The molecule has 158 valence electrons. The van der Waals surface area contributed by atoms with Gasteiger partial charge >= 0.3 is 88.7 Å². The minimum Gasteiger partial charge on any atom is -0.810 e. The maximum atomic E-state index is 11.0. The topological polar surface area (TPSA) is 124 Å². The Kier molecular flexibility index (Phi) is 27.6. The Hall–Kier alpha value is 2.52. The van der Waals surface area contributed by atoms with Gasteiger partial charge in [-0.3, -0.25) is 0 Å². The van der Waals surface area contributed by atoms with E-state index in [9.17, 15) is 23.8 Å². The molecule has 0 aromatic heterocycles. The third-order valence-electron chi connectivity index (χ3n) is 4.27. The molecule has 0 spiro atoms. The molecule has 0 aromatic carbocycles. The summed E-state index contributed by atoms with van der Waals surface area (Å²) in [5.74, 6) is 0. The van der Waals surface area contributed by atoms with Crippen LogP contribution >= 0.6 is 15.2 Å². The zero-order chi connectivity index (χ0) is 21.1. The van der Waals surface area contributed by atoms with E-state index in [2.05, 4.69) is 32.9 Å². The monoisotopic (exact) mass is 488 g/mol. The minimum atomic E-state index is -5.35. The van der Waals surface area contributed by atoms with Gasteiger partial charge in [0.1, 0.15) is 7.60 Å². The fourth-order valence-electron chi connectivity index (χ4n) is 2.66. The van der Waals surface area contributed by atoms with Crippen LogP contribution in [-0.2, 0) is 9.13 Å². The summed E-state index contributed by atoms with van der Waals surface area (Å²) in [6.45, 7) is 8.35. The summed E-state index contributed by atoms with van der Waals surface area (Å²) in [7, 11) is -10.5. The second kappa shape index (κ2) is 20.9. The molecule has 0 radical (unpaired) electrons. The number of hydrogen-bond acceptors (Lipinski definition) is 5. The molecule has 2 atom stereocenters. The van der Waals surface area contributed by atoms with Crippen molar-refractivity contribution in [2.45, 2.75) is 84.5 Å². The van der Waals surface area contributed by atoms with Crippen LogP contribution in [0.5, 0.6) is 0 Å². The molecule has 2 unspecified atom stereocenters. The van der Waals surface area contributed by atoms with Crippen molar-refractivity contribution in [1.29, 1.82) is 0 Å². The maximum absolute atomic E-state index is 11.0. The van der Waals surface area contributed by atoms with E-state index >= 15 is 0 Å². The van der Waals surface area contributed by atoms with E-state index in [1.165, 1.54) is 16.7 Å². The van der Waals surface area contributed by atoms with Crippen molar-refractivity contribution in [3.05, 3.63) is 34.9 Å². The molecule has 0 fully saturated rings. The largest absolute Gasteiger partial charge is 1.00 e. The van der Waals surface area contributed by atoms with Crippen molar-refractivity contribution in [3.63, 3.8) is 0 Å². The van der Waals surface area contributed by atoms with E-state index < -0.39 is 20.6 Å². The second-order valence-corrected chi connectivity index (χ2v) is 11.2.